The molecule has 3 aliphatic heterocycles. The maximum atomic E-state index is 11.7. The lowest BCUT2D eigenvalue weighted by Gasteiger charge is -2.36. The topological polar surface area (TPSA) is 58.8 Å². The molecule has 0 radical (unpaired) electrons. The maximum absolute atomic E-state index is 11.7. The van der Waals surface area contributed by atoms with Crippen LogP contribution < -0.4 is 5.73 Å². The Morgan fingerprint density at radius 2 is 2.29 bits per heavy atom. The summed E-state index contributed by atoms with van der Waals surface area (Å²) >= 11 is 0. The fourth-order valence-electron chi connectivity index (χ4n) is 3.22. The highest BCUT2D eigenvalue weighted by atomic mass is 16.5. The number of hydrogen-bond donors (Lipinski definition) is 1. The van der Waals surface area contributed by atoms with E-state index in [1.165, 1.54) is 19.4 Å². The molecule has 3 rings (SSSR count). The number of morpholine rings is 1. The lowest BCUT2D eigenvalue weighted by atomic mass is 10.2. The lowest BCUT2D eigenvalue weighted by Crippen LogP contribution is -2.50. The van der Waals surface area contributed by atoms with Crippen LogP contribution in [0.4, 0.5) is 0 Å². The molecule has 0 bridgehead atoms. The number of amides is 1. The molecule has 0 spiro atoms. The van der Waals surface area contributed by atoms with Gasteiger partial charge in [-0.3, -0.25) is 9.69 Å². The number of nitrogens with two attached hydrogens (primary N) is 1. The first-order valence-electron chi connectivity index (χ1n) is 6.61. The third kappa shape index (κ3) is 2.32. The Morgan fingerprint density at radius 1 is 1.41 bits per heavy atom. The summed E-state index contributed by atoms with van der Waals surface area (Å²) in [5, 5.41) is 0. The van der Waals surface area contributed by atoms with E-state index in [2.05, 4.69) is 4.90 Å². The van der Waals surface area contributed by atoms with Crippen LogP contribution in [0, 0.1) is 0 Å². The molecule has 3 atom stereocenters. The quantitative estimate of drug-likeness (QED) is 0.700. The van der Waals surface area contributed by atoms with E-state index in [4.69, 9.17) is 10.5 Å². The van der Waals surface area contributed by atoms with Gasteiger partial charge in [-0.05, 0) is 19.4 Å². The molecule has 1 amide bonds. The molecule has 3 aliphatic rings. The first kappa shape index (κ1) is 11.4. The van der Waals surface area contributed by atoms with E-state index in [0.29, 0.717) is 19.0 Å². The second-order valence-electron chi connectivity index (χ2n) is 5.51. The van der Waals surface area contributed by atoms with Crippen LogP contribution in [-0.2, 0) is 9.53 Å². The molecule has 3 saturated heterocycles. The molecule has 5 heteroatoms. The average molecular weight is 239 g/mol. The van der Waals surface area contributed by atoms with Crippen molar-refractivity contribution in [1.82, 2.24) is 9.80 Å². The molecular formula is C12H21N3O2. The highest BCUT2D eigenvalue weighted by Gasteiger charge is 2.35. The van der Waals surface area contributed by atoms with E-state index >= 15 is 0 Å². The predicted molar refractivity (Wildman–Crippen MR) is 63.5 cm³/mol. The second-order valence-corrected chi connectivity index (χ2v) is 5.51. The van der Waals surface area contributed by atoms with Gasteiger partial charge < -0.3 is 15.4 Å². The summed E-state index contributed by atoms with van der Waals surface area (Å²) in [4.78, 5) is 16.0. The van der Waals surface area contributed by atoms with Gasteiger partial charge in [-0.2, -0.15) is 0 Å². The zero-order valence-electron chi connectivity index (χ0n) is 10.2. The number of carbonyl (C=O) groups is 1. The average Bonchev–Trinajstić information content (AvgIpc) is 2.85. The zero-order valence-corrected chi connectivity index (χ0v) is 10.2. The number of hydrogen-bond acceptors (Lipinski definition) is 4. The summed E-state index contributed by atoms with van der Waals surface area (Å²) in [6.45, 7) is 4.41. The Labute approximate surface area is 102 Å². The van der Waals surface area contributed by atoms with Gasteiger partial charge in [0.05, 0.1) is 12.7 Å². The van der Waals surface area contributed by atoms with Gasteiger partial charge in [0.2, 0.25) is 5.91 Å². The number of carbonyl (C=O) groups excluding carboxylic acids is 1. The van der Waals surface area contributed by atoms with E-state index in [-0.39, 0.29) is 18.1 Å². The summed E-state index contributed by atoms with van der Waals surface area (Å²) in [5.41, 5.74) is 5.79. The van der Waals surface area contributed by atoms with Crippen molar-refractivity contribution in [2.45, 2.75) is 37.5 Å². The van der Waals surface area contributed by atoms with Crippen molar-refractivity contribution in [1.29, 1.82) is 0 Å². The Hall–Kier alpha value is -0.650. The number of nitrogens with zero attached hydrogens (tertiary/aromatic N) is 2. The fraction of sp³-hybridized carbons (Fsp3) is 0.917. The molecule has 2 N–H and O–H groups in total. The molecule has 3 heterocycles. The van der Waals surface area contributed by atoms with Crippen molar-refractivity contribution in [3.05, 3.63) is 0 Å². The molecule has 5 nitrogen and oxygen atoms in total. The molecule has 0 saturated carbocycles. The van der Waals surface area contributed by atoms with E-state index in [0.717, 1.165) is 19.7 Å². The smallest absolute Gasteiger partial charge is 0.224 e. The van der Waals surface area contributed by atoms with E-state index in [1.807, 2.05) is 4.90 Å². The van der Waals surface area contributed by atoms with Gasteiger partial charge in [-0.15, -0.1) is 0 Å². The van der Waals surface area contributed by atoms with Crippen LogP contribution in [0.15, 0.2) is 0 Å². The van der Waals surface area contributed by atoms with Crippen LogP contribution in [0.3, 0.4) is 0 Å². The summed E-state index contributed by atoms with van der Waals surface area (Å²) in [5.74, 6) is 0.185. The van der Waals surface area contributed by atoms with Crippen LogP contribution >= 0.6 is 0 Å². The van der Waals surface area contributed by atoms with E-state index < -0.39 is 0 Å². The molecule has 17 heavy (non-hydrogen) atoms. The molecule has 0 aromatic heterocycles. The van der Waals surface area contributed by atoms with Crippen molar-refractivity contribution >= 4 is 5.91 Å². The van der Waals surface area contributed by atoms with Crippen molar-refractivity contribution < 1.29 is 9.53 Å². The van der Waals surface area contributed by atoms with Crippen molar-refractivity contribution in [2.24, 2.45) is 5.73 Å². The maximum Gasteiger partial charge on any atom is 0.224 e. The monoisotopic (exact) mass is 239 g/mol. The summed E-state index contributed by atoms with van der Waals surface area (Å²) < 4.78 is 5.86. The minimum absolute atomic E-state index is 0.0191. The Kier molecular flexibility index (Phi) is 3.06. The van der Waals surface area contributed by atoms with Gasteiger partial charge >= 0.3 is 0 Å². The van der Waals surface area contributed by atoms with E-state index in [9.17, 15) is 4.79 Å². The van der Waals surface area contributed by atoms with Crippen molar-refractivity contribution in [3.8, 4) is 0 Å². The number of fused-ring (bicyclic) bond motifs is 1. The van der Waals surface area contributed by atoms with Crippen LogP contribution in [0.5, 0.6) is 0 Å². The van der Waals surface area contributed by atoms with Crippen molar-refractivity contribution in [2.75, 3.05) is 32.8 Å². The predicted octanol–water partition coefficient (Wildman–Crippen LogP) is -0.591. The number of ether oxygens (including phenoxy) is 1. The van der Waals surface area contributed by atoms with Crippen LogP contribution in [-0.4, -0.2) is 66.7 Å². The third-order valence-electron chi connectivity index (χ3n) is 4.13. The summed E-state index contributed by atoms with van der Waals surface area (Å²) in [7, 11) is 0. The molecule has 3 unspecified atom stereocenters. The van der Waals surface area contributed by atoms with Gasteiger partial charge in [-0.25, -0.2) is 0 Å². The second kappa shape index (κ2) is 4.55. The first-order chi connectivity index (χ1) is 8.22. The van der Waals surface area contributed by atoms with Gasteiger partial charge in [0, 0.05) is 38.1 Å². The van der Waals surface area contributed by atoms with Crippen molar-refractivity contribution in [3.63, 3.8) is 0 Å². The number of likely N-dealkylation sites (tertiary alicyclic amines) is 1. The van der Waals surface area contributed by atoms with Gasteiger partial charge in [0.1, 0.15) is 0 Å². The Bertz CT molecular complexity index is 310. The zero-order chi connectivity index (χ0) is 11.8. The first-order valence-corrected chi connectivity index (χ1v) is 6.61. The fourth-order valence-corrected chi connectivity index (χ4v) is 3.22. The molecule has 96 valence electrons. The molecule has 0 aromatic rings. The third-order valence-corrected chi connectivity index (χ3v) is 4.13. The number of rotatable bonds is 2. The SMILES string of the molecule is NC1CC(=O)N(CC2CN3CCCC3CO2)C1. The van der Waals surface area contributed by atoms with Gasteiger partial charge in [0.15, 0.2) is 0 Å². The normalized spacial score (nSPS) is 38.8. The van der Waals surface area contributed by atoms with Crippen LogP contribution in [0.1, 0.15) is 19.3 Å². The molecular weight excluding hydrogens is 218 g/mol. The van der Waals surface area contributed by atoms with Crippen LogP contribution in [0.2, 0.25) is 0 Å². The minimum atomic E-state index is 0.0191. The summed E-state index contributed by atoms with van der Waals surface area (Å²) in [6.07, 6.45) is 3.23. The van der Waals surface area contributed by atoms with Gasteiger partial charge in [-0.1, -0.05) is 0 Å². The molecule has 0 aromatic carbocycles. The Balaban J connectivity index is 1.54. The molecule has 0 aliphatic carbocycles. The standard InChI is InChI=1S/C12H21N3O2/c13-9-4-12(16)15(5-9)7-11-6-14-3-1-2-10(14)8-17-11/h9-11H,1-8,13H2. The minimum Gasteiger partial charge on any atom is -0.373 e. The molecule has 3 fully saturated rings. The highest BCUT2D eigenvalue weighted by Crippen LogP contribution is 2.23. The highest BCUT2D eigenvalue weighted by molar-refractivity contribution is 5.79. The van der Waals surface area contributed by atoms with Crippen LogP contribution in [0.25, 0.3) is 0 Å². The lowest BCUT2D eigenvalue weighted by molar-refractivity contribution is -0.131. The van der Waals surface area contributed by atoms with E-state index in [1.54, 1.807) is 0 Å². The van der Waals surface area contributed by atoms with Gasteiger partial charge in [0.25, 0.3) is 0 Å². The Morgan fingerprint density at radius 3 is 3.06 bits per heavy atom. The summed E-state index contributed by atoms with van der Waals surface area (Å²) in [6, 6.07) is 0.647. The largest absolute Gasteiger partial charge is 0.373 e.